The molecule has 5 heavy (non-hydrogen) atoms. The maximum absolute atomic E-state index is 8.21. The lowest BCUT2D eigenvalue weighted by Crippen LogP contribution is -2.15. The van der Waals surface area contributed by atoms with Crippen LogP contribution < -0.4 is 0 Å². The predicted molar refractivity (Wildman–Crippen MR) is 24.4 cm³/mol. The molecule has 3 heteroatoms. The van der Waals surface area contributed by atoms with Gasteiger partial charge in [-0.25, -0.2) is 0 Å². The molecule has 0 atom stereocenters. The second-order valence-electron chi connectivity index (χ2n) is 1.22. The van der Waals surface area contributed by atoms with Crippen molar-refractivity contribution in [1.82, 2.24) is 4.57 Å². The zero-order valence-electron chi connectivity index (χ0n) is 3.60. The topological polar surface area (TPSA) is 23.5 Å². The Morgan fingerprint density at radius 1 is 1.60 bits per heavy atom. The van der Waals surface area contributed by atoms with Crippen LogP contribution in [0.3, 0.4) is 0 Å². The van der Waals surface area contributed by atoms with Gasteiger partial charge in [0.15, 0.2) is 0 Å². The van der Waals surface area contributed by atoms with Crippen molar-refractivity contribution in [2.75, 3.05) is 14.1 Å². The van der Waals surface area contributed by atoms with Gasteiger partial charge in [0, 0.05) is 0 Å². The zero-order chi connectivity index (χ0) is 4.28. The van der Waals surface area contributed by atoms with E-state index in [1.807, 2.05) is 18.7 Å². The van der Waals surface area contributed by atoms with Crippen molar-refractivity contribution in [2.24, 2.45) is 0 Å². The van der Waals surface area contributed by atoms with Gasteiger partial charge in [-0.15, -0.1) is 0 Å². The summed E-state index contributed by atoms with van der Waals surface area (Å²) >= 11 is 0. The highest BCUT2D eigenvalue weighted by atomic mass is 28.2. The predicted octanol–water partition coefficient (Wildman–Crippen LogP) is -1.46. The van der Waals surface area contributed by atoms with Crippen LogP contribution in [0.5, 0.6) is 0 Å². The maximum atomic E-state index is 8.21. The molecule has 0 aromatic heterocycles. The van der Waals surface area contributed by atoms with E-state index in [-0.39, 0.29) is 0 Å². The highest BCUT2D eigenvalue weighted by Gasteiger charge is 1.76. The molecular weight excluding hydrogens is 82.1 g/mol. The van der Waals surface area contributed by atoms with E-state index in [0.717, 1.165) is 0 Å². The van der Waals surface area contributed by atoms with E-state index in [0.29, 0.717) is 0 Å². The molecule has 0 radical (unpaired) electrons. The summed E-state index contributed by atoms with van der Waals surface area (Å²) in [6.45, 7) is 0. The number of hydrogen-bond donors (Lipinski definition) is 1. The van der Waals surface area contributed by atoms with Gasteiger partial charge in [-0.1, -0.05) is 0 Å². The molecule has 0 aromatic rings. The molecule has 0 aliphatic heterocycles. The standard InChI is InChI=1S/C2H9NOSi/c1-3(2)5-4/h4H,5H2,1-2H3. The van der Waals surface area contributed by atoms with Gasteiger partial charge in [-0.3, -0.25) is 0 Å². The third kappa shape index (κ3) is 4.14. The normalized spacial score (nSPS) is 12.0. The molecule has 0 aromatic carbocycles. The molecule has 0 saturated carbocycles. The summed E-state index contributed by atoms with van der Waals surface area (Å²) in [6, 6.07) is 0. The minimum absolute atomic E-state index is 0.818. The fraction of sp³-hybridized carbons (Fsp3) is 1.00. The zero-order valence-corrected chi connectivity index (χ0v) is 5.02. The van der Waals surface area contributed by atoms with Gasteiger partial charge < -0.3 is 9.36 Å². The monoisotopic (exact) mass is 91.0 g/mol. The summed E-state index contributed by atoms with van der Waals surface area (Å²) < 4.78 is 1.82. The van der Waals surface area contributed by atoms with E-state index in [9.17, 15) is 0 Å². The van der Waals surface area contributed by atoms with Crippen LogP contribution in [0, 0.1) is 0 Å². The highest BCUT2D eigenvalue weighted by Crippen LogP contribution is 1.55. The van der Waals surface area contributed by atoms with Crippen LogP contribution in [0.15, 0.2) is 0 Å². The van der Waals surface area contributed by atoms with Crippen molar-refractivity contribution in [3.8, 4) is 0 Å². The highest BCUT2D eigenvalue weighted by molar-refractivity contribution is 6.20. The quantitative estimate of drug-likeness (QED) is 0.399. The molecule has 0 bridgehead atoms. The number of hydrogen-bond acceptors (Lipinski definition) is 2. The van der Waals surface area contributed by atoms with Crippen LogP contribution in [0.2, 0.25) is 0 Å². The molecule has 0 aliphatic rings. The van der Waals surface area contributed by atoms with Crippen molar-refractivity contribution < 1.29 is 4.80 Å². The van der Waals surface area contributed by atoms with E-state index in [1.165, 1.54) is 0 Å². The van der Waals surface area contributed by atoms with Gasteiger partial charge >= 0.3 is 0 Å². The molecule has 0 fully saturated rings. The lowest BCUT2D eigenvalue weighted by Gasteiger charge is -1.97. The molecule has 2 nitrogen and oxygen atoms in total. The Labute approximate surface area is 34.4 Å². The van der Waals surface area contributed by atoms with Gasteiger partial charge in [0.1, 0.15) is 0 Å². The smallest absolute Gasteiger partial charge is 0.234 e. The van der Waals surface area contributed by atoms with Crippen LogP contribution >= 0.6 is 0 Å². The van der Waals surface area contributed by atoms with Crippen molar-refractivity contribution in [3.63, 3.8) is 0 Å². The maximum Gasteiger partial charge on any atom is 0.234 e. The largest absolute Gasteiger partial charge is 0.424 e. The summed E-state index contributed by atoms with van der Waals surface area (Å²) in [4.78, 5) is 8.21. The molecule has 1 N–H and O–H groups in total. The van der Waals surface area contributed by atoms with Gasteiger partial charge in [0.05, 0.1) is 0 Å². The van der Waals surface area contributed by atoms with Gasteiger partial charge in [0.25, 0.3) is 0 Å². The minimum atomic E-state index is -0.818. The molecule has 32 valence electrons. The summed E-state index contributed by atoms with van der Waals surface area (Å²) in [5.41, 5.74) is 0. The van der Waals surface area contributed by atoms with E-state index in [1.54, 1.807) is 0 Å². The summed E-state index contributed by atoms with van der Waals surface area (Å²) in [5.74, 6) is 0. The molecular formula is C2H9NOSi. The fourth-order valence-corrected chi connectivity index (χ4v) is 0. The third-order valence-electron chi connectivity index (χ3n) is 0.283. The first-order valence-corrected chi connectivity index (χ1v) is 2.79. The Morgan fingerprint density at radius 2 is 1.80 bits per heavy atom. The van der Waals surface area contributed by atoms with Crippen LogP contribution in [-0.4, -0.2) is 33.4 Å². The number of nitrogens with zero attached hydrogens (tertiary/aromatic N) is 1. The Bertz CT molecular complexity index is 23.6. The van der Waals surface area contributed by atoms with E-state index in [2.05, 4.69) is 0 Å². The molecule has 0 saturated heterocycles. The molecule has 0 unspecified atom stereocenters. The SMILES string of the molecule is CN(C)[SiH2]O. The molecule has 0 amide bonds. The Morgan fingerprint density at radius 3 is 1.80 bits per heavy atom. The second-order valence-corrected chi connectivity index (χ2v) is 2.77. The Balaban J connectivity index is 2.54. The lowest BCUT2D eigenvalue weighted by atomic mass is 11.3. The van der Waals surface area contributed by atoms with E-state index in [4.69, 9.17) is 4.80 Å². The Kier molecular flexibility index (Phi) is 2.44. The third-order valence-corrected chi connectivity index (χ3v) is 0.849. The first-order chi connectivity index (χ1) is 2.27. The molecule has 0 aliphatic carbocycles. The van der Waals surface area contributed by atoms with Crippen LogP contribution in [-0.2, 0) is 0 Å². The first kappa shape index (κ1) is 5.14. The average Bonchev–Trinajstić information content (AvgIpc) is 1.38. The lowest BCUT2D eigenvalue weighted by molar-refractivity contribution is 0.498. The first-order valence-electron chi connectivity index (χ1n) is 1.53. The second kappa shape index (κ2) is 2.38. The van der Waals surface area contributed by atoms with Gasteiger partial charge in [0.2, 0.25) is 9.92 Å². The van der Waals surface area contributed by atoms with Gasteiger partial charge in [-0.2, -0.15) is 0 Å². The average molecular weight is 91.2 g/mol. The number of rotatable bonds is 1. The van der Waals surface area contributed by atoms with Crippen LogP contribution in [0.1, 0.15) is 0 Å². The molecule has 0 heterocycles. The van der Waals surface area contributed by atoms with Crippen molar-refractivity contribution in [3.05, 3.63) is 0 Å². The van der Waals surface area contributed by atoms with Gasteiger partial charge in [-0.05, 0) is 14.1 Å². The van der Waals surface area contributed by atoms with Crippen LogP contribution in [0.25, 0.3) is 0 Å². The molecule has 0 spiro atoms. The fourth-order valence-electron chi connectivity index (χ4n) is 0. The Hall–Kier alpha value is 0.137. The van der Waals surface area contributed by atoms with Crippen molar-refractivity contribution in [1.29, 1.82) is 0 Å². The van der Waals surface area contributed by atoms with Crippen LogP contribution in [0.4, 0.5) is 0 Å². The summed E-state index contributed by atoms with van der Waals surface area (Å²) in [5, 5.41) is 0. The van der Waals surface area contributed by atoms with Crippen molar-refractivity contribution >= 4 is 9.92 Å². The summed E-state index contributed by atoms with van der Waals surface area (Å²) in [7, 11) is 2.92. The molecule has 0 rings (SSSR count). The van der Waals surface area contributed by atoms with E-state index >= 15 is 0 Å². The minimum Gasteiger partial charge on any atom is -0.424 e. The van der Waals surface area contributed by atoms with E-state index < -0.39 is 9.92 Å². The summed E-state index contributed by atoms with van der Waals surface area (Å²) in [6.07, 6.45) is 0. The van der Waals surface area contributed by atoms with Crippen molar-refractivity contribution in [2.45, 2.75) is 0 Å².